The summed E-state index contributed by atoms with van der Waals surface area (Å²) in [4.78, 5) is 0. The number of halogens is 3. The summed E-state index contributed by atoms with van der Waals surface area (Å²) in [6.45, 7) is 1.62. The molecule has 0 aliphatic carbocycles. The summed E-state index contributed by atoms with van der Waals surface area (Å²) in [5.74, 6) is 0.217. The van der Waals surface area contributed by atoms with E-state index < -0.39 is 11.7 Å². The highest BCUT2D eigenvalue weighted by molar-refractivity contribution is 5.79. The zero-order valence-corrected chi connectivity index (χ0v) is 9.92. The fourth-order valence-electron chi connectivity index (χ4n) is 1.90. The highest BCUT2D eigenvalue weighted by Gasteiger charge is 2.34. The molecule has 18 heavy (non-hydrogen) atoms. The van der Waals surface area contributed by atoms with Gasteiger partial charge < -0.3 is 5.73 Å². The quantitative estimate of drug-likeness (QED) is 0.851. The molecular formula is C12H12F3N3. The Morgan fingerprint density at radius 3 is 2.44 bits per heavy atom. The monoisotopic (exact) mass is 255 g/mol. The maximum atomic E-state index is 13.0. The summed E-state index contributed by atoms with van der Waals surface area (Å²) in [5.41, 5.74) is 5.98. The van der Waals surface area contributed by atoms with Gasteiger partial charge in [-0.15, -0.1) is 0 Å². The van der Waals surface area contributed by atoms with Crippen molar-refractivity contribution in [2.45, 2.75) is 13.1 Å². The highest BCUT2D eigenvalue weighted by atomic mass is 19.4. The molecule has 0 spiro atoms. The molecule has 0 aliphatic rings. The molecule has 1 aromatic heterocycles. The number of nitrogens with zero attached hydrogens (tertiary/aromatic N) is 2. The predicted octanol–water partition coefficient (Wildman–Crippen LogP) is 3.00. The number of aromatic nitrogens is 2. The molecule has 1 heterocycles. The smallest absolute Gasteiger partial charge is 0.383 e. The average molecular weight is 255 g/mol. The summed E-state index contributed by atoms with van der Waals surface area (Å²) < 4.78 is 40.3. The van der Waals surface area contributed by atoms with E-state index in [1.807, 2.05) is 0 Å². The van der Waals surface area contributed by atoms with Crippen molar-refractivity contribution in [3.63, 3.8) is 0 Å². The summed E-state index contributed by atoms with van der Waals surface area (Å²) >= 11 is 0. The molecule has 0 saturated carbocycles. The van der Waals surface area contributed by atoms with E-state index in [4.69, 9.17) is 5.73 Å². The van der Waals surface area contributed by atoms with E-state index >= 15 is 0 Å². The van der Waals surface area contributed by atoms with Gasteiger partial charge in [-0.3, -0.25) is 4.68 Å². The Bertz CT molecular complexity index is 585. The van der Waals surface area contributed by atoms with Crippen LogP contribution in [0, 0.1) is 6.92 Å². The third-order valence-electron chi connectivity index (χ3n) is 2.83. The standard InChI is InChI=1S/C12H12F3N3/c1-7-4-3-5-9(12(13,14)15)10(7)8-6-17-18(2)11(8)16/h3-6H,16H2,1-2H3. The van der Waals surface area contributed by atoms with Crippen LogP contribution in [-0.4, -0.2) is 9.78 Å². The fraction of sp³-hybridized carbons (Fsp3) is 0.250. The second-order valence-corrected chi connectivity index (χ2v) is 4.06. The normalized spacial score (nSPS) is 11.8. The third kappa shape index (κ3) is 1.94. The molecule has 1 aromatic carbocycles. The van der Waals surface area contributed by atoms with Crippen LogP contribution in [0.2, 0.25) is 0 Å². The predicted molar refractivity (Wildman–Crippen MR) is 62.8 cm³/mol. The van der Waals surface area contributed by atoms with Gasteiger partial charge in [0.1, 0.15) is 5.82 Å². The van der Waals surface area contributed by atoms with Gasteiger partial charge in [-0.25, -0.2) is 0 Å². The van der Waals surface area contributed by atoms with Crippen molar-refractivity contribution in [3.8, 4) is 11.1 Å². The molecule has 3 nitrogen and oxygen atoms in total. The second kappa shape index (κ2) is 4.04. The van der Waals surface area contributed by atoms with Gasteiger partial charge >= 0.3 is 6.18 Å². The molecule has 96 valence electrons. The van der Waals surface area contributed by atoms with Gasteiger partial charge in [0.2, 0.25) is 0 Å². The molecule has 0 atom stereocenters. The van der Waals surface area contributed by atoms with Crippen molar-refractivity contribution < 1.29 is 13.2 Å². The number of anilines is 1. The zero-order chi connectivity index (χ0) is 13.5. The molecule has 0 saturated heterocycles. The van der Waals surface area contributed by atoms with Crippen molar-refractivity contribution in [2.75, 3.05) is 5.73 Å². The van der Waals surface area contributed by atoms with E-state index in [0.29, 0.717) is 11.1 Å². The molecule has 2 rings (SSSR count). The summed E-state index contributed by atoms with van der Waals surface area (Å²) in [6, 6.07) is 4.06. The van der Waals surface area contributed by atoms with Crippen LogP contribution in [0.3, 0.4) is 0 Å². The molecule has 6 heteroatoms. The Hall–Kier alpha value is -1.98. The third-order valence-corrected chi connectivity index (χ3v) is 2.83. The molecule has 0 amide bonds. The van der Waals surface area contributed by atoms with Gasteiger partial charge in [0.15, 0.2) is 0 Å². The minimum Gasteiger partial charge on any atom is -0.383 e. The van der Waals surface area contributed by atoms with Gasteiger partial charge in [0.05, 0.1) is 11.8 Å². The second-order valence-electron chi connectivity index (χ2n) is 4.06. The molecule has 0 radical (unpaired) electrons. The van der Waals surface area contributed by atoms with Crippen LogP contribution in [0.25, 0.3) is 11.1 Å². The number of nitrogens with two attached hydrogens (primary N) is 1. The lowest BCUT2D eigenvalue weighted by atomic mass is 9.96. The molecule has 0 bridgehead atoms. The lowest BCUT2D eigenvalue weighted by Gasteiger charge is -2.14. The Morgan fingerprint density at radius 1 is 1.28 bits per heavy atom. The van der Waals surface area contributed by atoms with Crippen LogP contribution in [0.1, 0.15) is 11.1 Å². The molecule has 0 aliphatic heterocycles. The average Bonchev–Trinajstić information content (AvgIpc) is 2.59. The Balaban J connectivity index is 2.74. The number of aryl methyl sites for hydroxylation is 2. The van der Waals surface area contributed by atoms with Crippen molar-refractivity contribution in [2.24, 2.45) is 7.05 Å². The SMILES string of the molecule is Cc1cccc(C(F)(F)F)c1-c1cnn(C)c1N. The first-order valence-electron chi connectivity index (χ1n) is 5.27. The number of alkyl halides is 3. The summed E-state index contributed by atoms with van der Waals surface area (Å²) in [6.07, 6.45) is -3.06. The van der Waals surface area contributed by atoms with E-state index in [1.54, 1.807) is 20.0 Å². The molecule has 0 fully saturated rings. The van der Waals surface area contributed by atoms with E-state index in [9.17, 15) is 13.2 Å². The number of nitrogen functional groups attached to an aromatic ring is 1. The maximum absolute atomic E-state index is 13.0. The molecular weight excluding hydrogens is 243 g/mol. The van der Waals surface area contributed by atoms with Gasteiger partial charge in [0, 0.05) is 18.2 Å². The largest absolute Gasteiger partial charge is 0.417 e. The van der Waals surface area contributed by atoms with Crippen LogP contribution >= 0.6 is 0 Å². The number of benzene rings is 1. The molecule has 2 N–H and O–H groups in total. The highest BCUT2D eigenvalue weighted by Crippen LogP contribution is 2.40. The van der Waals surface area contributed by atoms with Crippen molar-refractivity contribution >= 4 is 5.82 Å². The minimum atomic E-state index is -4.41. The topological polar surface area (TPSA) is 43.8 Å². The van der Waals surface area contributed by atoms with E-state index in [2.05, 4.69) is 5.10 Å². The summed E-state index contributed by atoms with van der Waals surface area (Å²) in [5, 5.41) is 3.88. The van der Waals surface area contributed by atoms with Crippen LogP contribution < -0.4 is 5.73 Å². The number of rotatable bonds is 1. The Morgan fingerprint density at radius 2 is 1.94 bits per heavy atom. The van der Waals surface area contributed by atoms with E-state index in [-0.39, 0.29) is 11.4 Å². The van der Waals surface area contributed by atoms with Crippen LogP contribution in [0.15, 0.2) is 24.4 Å². The van der Waals surface area contributed by atoms with Crippen molar-refractivity contribution in [3.05, 3.63) is 35.5 Å². The van der Waals surface area contributed by atoms with Gasteiger partial charge in [-0.2, -0.15) is 18.3 Å². The lowest BCUT2D eigenvalue weighted by molar-refractivity contribution is -0.137. The van der Waals surface area contributed by atoms with E-state index in [1.165, 1.54) is 16.9 Å². The van der Waals surface area contributed by atoms with Crippen LogP contribution in [-0.2, 0) is 13.2 Å². The van der Waals surface area contributed by atoms with Crippen molar-refractivity contribution in [1.29, 1.82) is 0 Å². The van der Waals surface area contributed by atoms with Crippen LogP contribution in [0.4, 0.5) is 19.0 Å². The number of hydrogen-bond acceptors (Lipinski definition) is 2. The van der Waals surface area contributed by atoms with Gasteiger partial charge in [-0.1, -0.05) is 12.1 Å². The summed E-state index contributed by atoms with van der Waals surface area (Å²) in [7, 11) is 1.59. The first-order valence-corrected chi connectivity index (χ1v) is 5.27. The van der Waals surface area contributed by atoms with E-state index in [0.717, 1.165) is 6.07 Å². The Labute approximate surface area is 102 Å². The van der Waals surface area contributed by atoms with Gasteiger partial charge in [0.25, 0.3) is 0 Å². The first-order chi connectivity index (χ1) is 8.32. The van der Waals surface area contributed by atoms with Crippen molar-refractivity contribution in [1.82, 2.24) is 9.78 Å². The zero-order valence-electron chi connectivity index (χ0n) is 9.92. The molecule has 0 unspecified atom stereocenters. The molecule has 2 aromatic rings. The first kappa shape index (κ1) is 12.5. The number of hydrogen-bond donors (Lipinski definition) is 1. The Kier molecular flexibility index (Phi) is 2.80. The lowest BCUT2D eigenvalue weighted by Crippen LogP contribution is -2.08. The fourth-order valence-corrected chi connectivity index (χ4v) is 1.90. The van der Waals surface area contributed by atoms with Gasteiger partial charge in [-0.05, 0) is 18.6 Å². The van der Waals surface area contributed by atoms with Crippen LogP contribution in [0.5, 0.6) is 0 Å². The minimum absolute atomic E-state index is 0.0931. The maximum Gasteiger partial charge on any atom is 0.417 e.